The number of benzene rings is 6. The number of aryl methyl sites for hydroxylation is 1. The molecule has 10 heteroatoms. The number of carbonyl (C=O) groups excluding carboxylic acids is 1. The fourth-order valence-corrected chi connectivity index (χ4v) is 6.21. The van der Waals surface area contributed by atoms with Crippen molar-refractivity contribution in [2.45, 2.75) is 51.1 Å². The Balaban J connectivity index is 0.000000236. The van der Waals surface area contributed by atoms with E-state index in [9.17, 15) is 31.1 Å². The molecule has 6 rings (SSSR count). The summed E-state index contributed by atoms with van der Waals surface area (Å²) in [5.74, 6) is -0.368. The normalized spacial score (nSPS) is 12.8. The lowest BCUT2D eigenvalue weighted by atomic mass is 9.99. The maximum Gasteiger partial charge on any atom is 0.416 e. The van der Waals surface area contributed by atoms with Gasteiger partial charge in [-0.3, -0.25) is 4.79 Å². The summed E-state index contributed by atoms with van der Waals surface area (Å²) in [6.07, 6.45) is -4.65. The van der Waals surface area contributed by atoms with Crippen LogP contribution in [0, 0.1) is 0 Å². The third kappa shape index (κ3) is 11.3. The molecule has 0 saturated carbocycles. The van der Waals surface area contributed by atoms with E-state index in [1.54, 1.807) is 6.07 Å². The summed E-state index contributed by atoms with van der Waals surface area (Å²) in [6, 6.07) is 38.7. The molecule has 0 aliphatic heterocycles. The number of nitrogens with one attached hydrogen (secondary N) is 2. The first kappa shape index (κ1) is 41.4. The van der Waals surface area contributed by atoms with Gasteiger partial charge in [-0.1, -0.05) is 115 Å². The van der Waals surface area contributed by atoms with Gasteiger partial charge in [0.05, 0.1) is 17.2 Å². The van der Waals surface area contributed by atoms with Gasteiger partial charge in [0.15, 0.2) is 0 Å². The van der Waals surface area contributed by atoms with E-state index in [0.29, 0.717) is 12.0 Å². The molecular weight excluding hydrogens is 697 g/mol. The molecule has 2 N–H and O–H groups in total. The molecule has 0 saturated heterocycles. The molecule has 0 aliphatic carbocycles. The third-order valence-corrected chi connectivity index (χ3v) is 8.93. The number of carbonyl (C=O) groups is 1. The largest absolute Gasteiger partial charge is 0.416 e. The highest BCUT2D eigenvalue weighted by atomic mass is 19.4. The SMILES string of the molecule is C[C@@H](NC(=O)/C=C/c1cccc(C(F)(F)F)c1)c1cccc2ccccc12.C[C@@H](NCCCc1cccc(C(F)(F)F)c1)c1cccc2ccccc12.[B]. The number of hydrogen-bond acceptors (Lipinski definition) is 2. The van der Waals surface area contributed by atoms with Crippen molar-refractivity contribution >= 4 is 41.9 Å². The number of rotatable bonds is 10. The van der Waals surface area contributed by atoms with E-state index in [-0.39, 0.29) is 26.4 Å². The minimum Gasteiger partial charge on any atom is -0.346 e. The average molecular weight is 738 g/mol. The summed E-state index contributed by atoms with van der Waals surface area (Å²) in [7, 11) is 0. The Morgan fingerprint density at radius 1 is 0.630 bits per heavy atom. The van der Waals surface area contributed by atoms with Gasteiger partial charge in [0.1, 0.15) is 0 Å². The second-order valence-corrected chi connectivity index (χ2v) is 12.8. The fraction of sp³-hybridized carbons (Fsp3) is 0.205. The van der Waals surface area contributed by atoms with Crippen molar-refractivity contribution < 1.29 is 31.1 Å². The van der Waals surface area contributed by atoms with Crippen LogP contribution < -0.4 is 10.6 Å². The van der Waals surface area contributed by atoms with Crippen LogP contribution in [-0.2, 0) is 23.6 Å². The van der Waals surface area contributed by atoms with E-state index >= 15 is 0 Å². The van der Waals surface area contributed by atoms with Gasteiger partial charge >= 0.3 is 12.4 Å². The van der Waals surface area contributed by atoms with Crippen LogP contribution in [-0.4, -0.2) is 20.9 Å². The van der Waals surface area contributed by atoms with Crippen molar-refractivity contribution in [2.24, 2.45) is 0 Å². The topological polar surface area (TPSA) is 41.1 Å². The molecule has 2 atom stereocenters. The second kappa shape index (κ2) is 18.6. The molecule has 54 heavy (non-hydrogen) atoms. The molecule has 0 bridgehead atoms. The predicted octanol–water partition coefficient (Wildman–Crippen LogP) is 11.5. The molecule has 0 spiro atoms. The Labute approximate surface area is 313 Å². The lowest BCUT2D eigenvalue weighted by Gasteiger charge is -2.17. The van der Waals surface area contributed by atoms with Crippen LogP contribution in [0.4, 0.5) is 26.3 Å². The molecule has 3 radical (unpaired) electrons. The fourth-order valence-electron chi connectivity index (χ4n) is 6.21. The number of halogens is 6. The Kier molecular flexibility index (Phi) is 14.3. The van der Waals surface area contributed by atoms with Crippen LogP contribution in [0.1, 0.15) is 65.7 Å². The Morgan fingerprint density at radius 2 is 1.13 bits per heavy atom. The second-order valence-electron chi connectivity index (χ2n) is 12.8. The zero-order chi connectivity index (χ0) is 38.0. The van der Waals surface area contributed by atoms with Crippen molar-refractivity contribution in [2.75, 3.05) is 6.54 Å². The zero-order valence-corrected chi connectivity index (χ0v) is 29.9. The molecule has 0 aliphatic rings. The molecule has 6 aromatic carbocycles. The minimum absolute atomic E-state index is 0. The van der Waals surface area contributed by atoms with Crippen molar-refractivity contribution in [3.8, 4) is 0 Å². The van der Waals surface area contributed by atoms with Gasteiger partial charge in [-0.2, -0.15) is 26.3 Å². The maximum absolute atomic E-state index is 12.8. The summed E-state index contributed by atoms with van der Waals surface area (Å²) < 4.78 is 76.5. The predicted molar refractivity (Wildman–Crippen MR) is 207 cm³/mol. The van der Waals surface area contributed by atoms with E-state index in [1.165, 1.54) is 52.8 Å². The summed E-state index contributed by atoms with van der Waals surface area (Å²) in [5, 5.41) is 10.9. The Hall–Kier alpha value is -5.35. The van der Waals surface area contributed by atoms with E-state index in [0.717, 1.165) is 53.1 Å². The number of hydrogen-bond donors (Lipinski definition) is 2. The lowest BCUT2D eigenvalue weighted by molar-refractivity contribution is -0.138. The molecule has 0 unspecified atom stereocenters. The van der Waals surface area contributed by atoms with E-state index in [1.807, 2.05) is 61.5 Å². The number of fused-ring (bicyclic) bond motifs is 2. The number of amides is 1. The van der Waals surface area contributed by atoms with Gasteiger partial charge in [0.25, 0.3) is 0 Å². The van der Waals surface area contributed by atoms with Gasteiger partial charge in [0, 0.05) is 20.5 Å². The smallest absolute Gasteiger partial charge is 0.346 e. The highest BCUT2D eigenvalue weighted by Gasteiger charge is 2.31. The van der Waals surface area contributed by atoms with Gasteiger partial charge in [-0.25, -0.2) is 0 Å². The zero-order valence-electron chi connectivity index (χ0n) is 29.9. The molecule has 0 heterocycles. The van der Waals surface area contributed by atoms with Crippen molar-refractivity contribution in [1.82, 2.24) is 10.6 Å². The first-order valence-corrected chi connectivity index (χ1v) is 17.3. The molecular formula is C44H40BF6N2O. The van der Waals surface area contributed by atoms with E-state index < -0.39 is 23.5 Å². The van der Waals surface area contributed by atoms with Crippen LogP contribution in [0.2, 0.25) is 0 Å². The van der Waals surface area contributed by atoms with Gasteiger partial charge in [-0.05, 0) is 101 Å². The maximum atomic E-state index is 12.8. The van der Waals surface area contributed by atoms with Crippen LogP contribution in [0.5, 0.6) is 0 Å². The van der Waals surface area contributed by atoms with Gasteiger partial charge < -0.3 is 10.6 Å². The van der Waals surface area contributed by atoms with Crippen LogP contribution in [0.3, 0.4) is 0 Å². The van der Waals surface area contributed by atoms with Crippen molar-refractivity contribution in [3.05, 3.63) is 173 Å². The quantitative estimate of drug-likeness (QED) is 0.0636. The van der Waals surface area contributed by atoms with E-state index in [4.69, 9.17) is 0 Å². The first-order chi connectivity index (χ1) is 25.3. The van der Waals surface area contributed by atoms with E-state index in [2.05, 4.69) is 47.9 Å². The highest BCUT2D eigenvalue weighted by molar-refractivity contribution is 5.93. The van der Waals surface area contributed by atoms with Crippen molar-refractivity contribution in [1.29, 1.82) is 0 Å². The Bertz CT molecular complexity index is 2170. The monoisotopic (exact) mass is 737 g/mol. The van der Waals surface area contributed by atoms with Gasteiger partial charge in [0.2, 0.25) is 5.91 Å². The molecule has 6 aromatic rings. The molecule has 1 amide bonds. The third-order valence-electron chi connectivity index (χ3n) is 8.93. The average Bonchev–Trinajstić information content (AvgIpc) is 3.15. The summed E-state index contributed by atoms with van der Waals surface area (Å²) in [4.78, 5) is 12.2. The summed E-state index contributed by atoms with van der Waals surface area (Å²) in [6.45, 7) is 4.74. The number of alkyl halides is 6. The molecule has 0 fully saturated rings. The van der Waals surface area contributed by atoms with Crippen molar-refractivity contribution in [3.63, 3.8) is 0 Å². The van der Waals surface area contributed by atoms with Crippen LogP contribution >= 0.6 is 0 Å². The lowest BCUT2D eigenvalue weighted by Crippen LogP contribution is -2.24. The summed E-state index contributed by atoms with van der Waals surface area (Å²) >= 11 is 0. The van der Waals surface area contributed by atoms with Gasteiger partial charge in [-0.15, -0.1) is 0 Å². The highest BCUT2D eigenvalue weighted by Crippen LogP contribution is 2.31. The minimum atomic E-state index is -4.41. The van der Waals surface area contributed by atoms with Crippen LogP contribution in [0.15, 0.2) is 140 Å². The Morgan fingerprint density at radius 3 is 1.72 bits per heavy atom. The molecule has 0 aromatic heterocycles. The summed E-state index contributed by atoms with van der Waals surface area (Å²) in [5.41, 5.74) is 1.94. The molecule has 3 nitrogen and oxygen atoms in total. The van der Waals surface area contributed by atoms with Crippen LogP contribution in [0.25, 0.3) is 27.6 Å². The molecule has 277 valence electrons. The standard InChI is InChI=1S/C22H18F3NO.C22H22F3N.B/c1-15(19-11-5-8-17-7-2-3-10-20(17)19)26-21(27)13-12-16-6-4-9-18(14-16)22(23,24)25;1-16(20-13-5-10-18-9-2-3-12-21(18)20)26-14-6-8-17-7-4-11-19(15-17)22(23,24)25;/h2-15H,1H3,(H,26,27);2-5,7,9-13,15-16,26H,6,8,14H2,1H3;/b13-12+;;/t15-;16-;/m11./s1. The first-order valence-electron chi connectivity index (χ1n) is 17.3.